The Morgan fingerprint density at radius 2 is 2.42 bits per heavy atom. The number of likely N-dealkylation sites (N-methyl/N-ethyl adjacent to an activating group) is 1. The quantitative estimate of drug-likeness (QED) is 0.871. The molecule has 1 aromatic rings. The van der Waals surface area contributed by atoms with Crippen LogP contribution in [0.2, 0.25) is 5.02 Å². The Balaban J connectivity index is 2.29. The molecule has 7 heteroatoms. The summed E-state index contributed by atoms with van der Waals surface area (Å²) in [6.07, 6.45) is 3.34. The lowest BCUT2D eigenvalue weighted by Gasteiger charge is -2.25. The molecule has 2 rings (SSSR count). The molecule has 2 heterocycles. The minimum absolute atomic E-state index is 0.00261. The molecule has 1 saturated heterocycles. The van der Waals surface area contributed by atoms with E-state index in [-0.39, 0.29) is 11.9 Å². The number of hydrogen-bond acceptors (Lipinski definition) is 5. The maximum atomic E-state index is 11.9. The smallest absolute Gasteiger partial charge is 0.242 e. The van der Waals surface area contributed by atoms with E-state index in [9.17, 15) is 4.79 Å². The Bertz CT molecular complexity index is 467. The largest absolute Gasteiger partial charge is 0.357 e. The minimum Gasteiger partial charge on any atom is -0.357 e. The number of nitrogens with zero attached hydrogens (tertiary/aromatic N) is 3. The van der Waals surface area contributed by atoms with Crippen molar-refractivity contribution in [2.75, 3.05) is 30.4 Å². The summed E-state index contributed by atoms with van der Waals surface area (Å²) in [4.78, 5) is 22.3. The van der Waals surface area contributed by atoms with Gasteiger partial charge in [-0.3, -0.25) is 4.79 Å². The second-order valence-electron chi connectivity index (χ2n) is 4.36. The van der Waals surface area contributed by atoms with Crippen molar-refractivity contribution in [2.45, 2.75) is 25.8 Å². The van der Waals surface area contributed by atoms with E-state index in [0.29, 0.717) is 16.8 Å². The molecule has 1 amide bonds. The van der Waals surface area contributed by atoms with E-state index in [2.05, 4.69) is 20.6 Å². The topological polar surface area (TPSA) is 70.2 Å². The van der Waals surface area contributed by atoms with Gasteiger partial charge >= 0.3 is 0 Å². The van der Waals surface area contributed by atoms with E-state index in [1.807, 2.05) is 11.8 Å². The third-order valence-electron chi connectivity index (χ3n) is 3.13. The molecule has 0 saturated carbocycles. The van der Waals surface area contributed by atoms with Crippen molar-refractivity contribution in [3.63, 3.8) is 0 Å². The van der Waals surface area contributed by atoms with Gasteiger partial charge in [-0.1, -0.05) is 11.6 Å². The zero-order valence-corrected chi connectivity index (χ0v) is 11.9. The Kier molecular flexibility index (Phi) is 4.42. The van der Waals surface area contributed by atoms with E-state index in [1.54, 1.807) is 13.2 Å². The van der Waals surface area contributed by atoms with Crippen LogP contribution in [0.15, 0.2) is 6.20 Å². The second kappa shape index (κ2) is 6.06. The molecule has 0 aromatic carbocycles. The van der Waals surface area contributed by atoms with E-state index >= 15 is 0 Å². The highest BCUT2D eigenvalue weighted by molar-refractivity contribution is 6.32. The van der Waals surface area contributed by atoms with Crippen LogP contribution >= 0.6 is 11.6 Å². The maximum Gasteiger partial charge on any atom is 0.242 e. The average molecular weight is 284 g/mol. The lowest BCUT2D eigenvalue weighted by molar-refractivity contribution is -0.121. The number of anilines is 2. The van der Waals surface area contributed by atoms with Gasteiger partial charge in [0, 0.05) is 20.1 Å². The van der Waals surface area contributed by atoms with Crippen LogP contribution in [0, 0.1) is 0 Å². The Labute approximate surface area is 117 Å². The molecular formula is C12H18ClN5O. The Hall–Kier alpha value is -1.56. The fourth-order valence-corrected chi connectivity index (χ4v) is 2.46. The zero-order valence-electron chi connectivity index (χ0n) is 11.1. The van der Waals surface area contributed by atoms with Crippen LogP contribution in [0.4, 0.5) is 11.8 Å². The van der Waals surface area contributed by atoms with E-state index < -0.39 is 0 Å². The molecule has 1 fully saturated rings. The summed E-state index contributed by atoms with van der Waals surface area (Å²) in [5, 5.41) is 6.20. The molecule has 0 radical (unpaired) electrons. The fourth-order valence-electron chi connectivity index (χ4n) is 2.26. The van der Waals surface area contributed by atoms with Crippen LogP contribution < -0.4 is 15.5 Å². The predicted molar refractivity (Wildman–Crippen MR) is 75.6 cm³/mol. The average Bonchev–Trinajstić information content (AvgIpc) is 2.89. The number of aromatic nitrogens is 2. The number of nitrogens with one attached hydrogen (secondary N) is 2. The molecule has 104 valence electrons. The molecule has 2 N–H and O–H groups in total. The summed E-state index contributed by atoms with van der Waals surface area (Å²) in [5.41, 5.74) is 0. The molecule has 1 aliphatic rings. The SMILES string of the molecule is CCNc1ncc(Cl)c(N2CCCC2C(=O)NC)n1. The van der Waals surface area contributed by atoms with Crippen molar-refractivity contribution < 1.29 is 4.79 Å². The number of carbonyl (C=O) groups excluding carboxylic acids is 1. The van der Waals surface area contributed by atoms with Gasteiger partial charge in [0.15, 0.2) is 5.82 Å². The molecule has 19 heavy (non-hydrogen) atoms. The summed E-state index contributed by atoms with van der Waals surface area (Å²) >= 11 is 6.16. The Morgan fingerprint density at radius 1 is 1.63 bits per heavy atom. The van der Waals surface area contributed by atoms with Gasteiger partial charge in [0.1, 0.15) is 11.1 Å². The van der Waals surface area contributed by atoms with Gasteiger partial charge in [0.05, 0.1) is 6.20 Å². The summed E-state index contributed by atoms with van der Waals surface area (Å²) in [6.45, 7) is 3.49. The van der Waals surface area contributed by atoms with Gasteiger partial charge in [-0.25, -0.2) is 4.98 Å². The summed E-state index contributed by atoms with van der Waals surface area (Å²) < 4.78 is 0. The van der Waals surface area contributed by atoms with E-state index in [0.717, 1.165) is 25.9 Å². The van der Waals surface area contributed by atoms with Crippen LogP contribution in [0.5, 0.6) is 0 Å². The van der Waals surface area contributed by atoms with Gasteiger partial charge in [0.2, 0.25) is 11.9 Å². The second-order valence-corrected chi connectivity index (χ2v) is 4.77. The molecule has 1 atom stereocenters. The van der Waals surface area contributed by atoms with Gasteiger partial charge in [-0.05, 0) is 19.8 Å². The number of rotatable bonds is 4. The predicted octanol–water partition coefficient (Wildman–Crippen LogP) is 1.28. The van der Waals surface area contributed by atoms with Crippen molar-refractivity contribution in [3.8, 4) is 0 Å². The van der Waals surface area contributed by atoms with Gasteiger partial charge < -0.3 is 15.5 Å². The van der Waals surface area contributed by atoms with E-state index in [1.165, 1.54) is 0 Å². The highest BCUT2D eigenvalue weighted by atomic mass is 35.5. The van der Waals surface area contributed by atoms with Gasteiger partial charge in [-0.2, -0.15) is 4.98 Å². The summed E-state index contributed by atoms with van der Waals surface area (Å²) in [7, 11) is 1.64. The minimum atomic E-state index is -0.202. The number of hydrogen-bond donors (Lipinski definition) is 2. The fraction of sp³-hybridized carbons (Fsp3) is 0.583. The molecule has 0 bridgehead atoms. The normalized spacial score (nSPS) is 18.5. The third kappa shape index (κ3) is 2.89. The van der Waals surface area contributed by atoms with Crippen molar-refractivity contribution in [2.24, 2.45) is 0 Å². The first-order valence-electron chi connectivity index (χ1n) is 6.42. The molecule has 0 aliphatic carbocycles. The maximum absolute atomic E-state index is 11.9. The van der Waals surface area contributed by atoms with Crippen LogP contribution in [0.3, 0.4) is 0 Å². The zero-order chi connectivity index (χ0) is 13.8. The molecule has 1 unspecified atom stereocenters. The van der Waals surface area contributed by atoms with Crippen LogP contribution in [0.25, 0.3) is 0 Å². The lowest BCUT2D eigenvalue weighted by atomic mass is 10.2. The number of halogens is 1. The third-order valence-corrected chi connectivity index (χ3v) is 3.40. The van der Waals surface area contributed by atoms with Crippen molar-refractivity contribution in [1.82, 2.24) is 15.3 Å². The van der Waals surface area contributed by atoms with Crippen LogP contribution in [-0.4, -0.2) is 42.1 Å². The van der Waals surface area contributed by atoms with E-state index in [4.69, 9.17) is 11.6 Å². The van der Waals surface area contributed by atoms with Crippen molar-refractivity contribution >= 4 is 29.3 Å². The molecule has 1 aliphatic heterocycles. The molecular weight excluding hydrogens is 266 g/mol. The molecule has 0 spiro atoms. The van der Waals surface area contributed by atoms with Gasteiger partial charge in [0.25, 0.3) is 0 Å². The highest BCUT2D eigenvalue weighted by Crippen LogP contribution is 2.30. The van der Waals surface area contributed by atoms with Crippen molar-refractivity contribution in [3.05, 3.63) is 11.2 Å². The monoisotopic (exact) mass is 283 g/mol. The summed E-state index contributed by atoms with van der Waals surface area (Å²) in [5.74, 6) is 1.15. The number of amides is 1. The first-order chi connectivity index (χ1) is 9.17. The Morgan fingerprint density at radius 3 is 3.11 bits per heavy atom. The standard InChI is InChI=1S/C12H18ClN5O/c1-3-15-12-16-7-8(13)10(17-12)18-6-4-5-9(18)11(19)14-2/h7,9H,3-6H2,1-2H3,(H,14,19)(H,15,16,17). The van der Waals surface area contributed by atoms with Crippen molar-refractivity contribution in [1.29, 1.82) is 0 Å². The first-order valence-corrected chi connectivity index (χ1v) is 6.79. The molecule has 1 aromatic heterocycles. The molecule has 6 nitrogen and oxygen atoms in total. The highest BCUT2D eigenvalue weighted by Gasteiger charge is 2.32. The summed E-state index contributed by atoms with van der Waals surface area (Å²) in [6, 6.07) is -0.202. The first kappa shape index (κ1) is 13.9. The van der Waals surface area contributed by atoms with Crippen LogP contribution in [0.1, 0.15) is 19.8 Å². The lowest BCUT2D eigenvalue weighted by Crippen LogP contribution is -2.42. The van der Waals surface area contributed by atoms with Crippen LogP contribution in [-0.2, 0) is 4.79 Å². The number of carbonyl (C=O) groups is 1. The van der Waals surface area contributed by atoms with Gasteiger partial charge in [-0.15, -0.1) is 0 Å².